The Bertz CT molecular complexity index is 707. The number of nitrogens with zero attached hydrogens (tertiary/aromatic N) is 2. The minimum Gasteiger partial charge on any atom is -0.241 e. The molecule has 0 saturated heterocycles. The highest BCUT2D eigenvalue weighted by atomic mass is 35.5. The van der Waals surface area contributed by atoms with Gasteiger partial charge < -0.3 is 0 Å². The number of hydrogen-bond donors (Lipinski definition) is 0. The van der Waals surface area contributed by atoms with Gasteiger partial charge in [-0.3, -0.25) is 0 Å². The summed E-state index contributed by atoms with van der Waals surface area (Å²) >= 11 is 6.43. The Kier molecular flexibility index (Phi) is 4.02. The largest absolute Gasteiger partial charge is 0.241 e. The van der Waals surface area contributed by atoms with Crippen molar-refractivity contribution >= 4 is 11.6 Å². The van der Waals surface area contributed by atoms with E-state index in [1.165, 1.54) is 12.1 Å². The number of hydrogen-bond acceptors (Lipinski definition) is 1. The molecule has 2 aromatic carbocycles. The maximum atomic E-state index is 12.9. The van der Waals surface area contributed by atoms with E-state index in [-0.39, 0.29) is 11.2 Å². The molecule has 1 heterocycles. The van der Waals surface area contributed by atoms with Gasteiger partial charge in [-0.2, -0.15) is 5.10 Å². The molecule has 0 saturated carbocycles. The standard InChI is InChI=1S/C17H14ClFN2/c18-17(10-13-6-8-15(19)9-7-13)14-11-20-21(12-14)16-4-2-1-3-5-16/h1-9,11-12,17H,10H2. The van der Waals surface area contributed by atoms with Gasteiger partial charge in [0.1, 0.15) is 5.82 Å². The van der Waals surface area contributed by atoms with E-state index in [1.54, 1.807) is 23.0 Å². The summed E-state index contributed by atoms with van der Waals surface area (Å²) < 4.78 is 14.7. The molecule has 21 heavy (non-hydrogen) atoms. The van der Waals surface area contributed by atoms with E-state index in [4.69, 9.17) is 11.6 Å². The van der Waals surface area contributed by atoms with Crippen molar-refractivity contribution in [3.63, 3.8) is 0 Å². The fourth-order valence-electron chi connectivity index (χ4n) is 2.17. The molecule has 0 aliphatic rings. The van der Waals surface area contributed by atoms with Gasteiger partial charge in [-0.25, -0.2) is 9.07 Å². The molecule has 1 unspecified atom stereocenters. The van der Waals surface area contributed by atoms with Crippen LogP contribution < -0.4 is 0 Å². The van der Waals surface area contributed by atoms with Crippen molar-refractivity contribution in [3.05, 3.63) is 83.9 Å². The van der Waals surface area contributed by atoms with Gasteiger partial charge in [0.25, 0.3) is 0 Å². The summed E-state index contributed by atoms with van der Waals surface area (Å²) in [6.45, 7) is 0. The van der Waals surface area contributed by atoms with Gasteiger partial charge in [-0.1, -0.05) is 30.3 Å². The van der Waals surface area contributed by atoms with Crippen LogP contribution >= 0.6 is 11.6 Å². The first kappa shape index (κ1) is 13.8. The van der Waals surface area contributed by atoms with Gasteiger partial charge in [0.05, 0.1) is 17.3 Å². The van der Waals surface area contributed by atoms with Crippen LogP contribution in [0.3, 0.4) is 0 Å². The van der Waals surface area contributed by atoms with E-state index in [0.29, 0.717) is 6.42 Å². The van der Waals surface area contributed by atoms with E-state index in [0.717, 1.165) is 16.8 Å². The molecule has 3 rings (SSSR count). The van der Waals surface area contributed by atoms with E-state index in [9.17, 15) is 4.39 Å². The summed E-state index contributed by atoms with van der Waals surface area (Å²) in [5.74, 6) is -0.234. The van der Waals surface area contributed by atoms with Crippen LogP contribution in [0.4, 0.5) is 4.39 Å². The molecule has 0 bridgehead atoms. The van der Waals surface area contributed by atoms with E-state index in [1.807, 2.05) is 36.5 Å². The summed E-state index contributed by atoms with van der Waals surface area (Å²) in [6.07, 6.45) is 4.34. The van der Waals surface area contributed by atoms with Gasteiger partial charge in [0.2, 0.25) is 0 Å². The SMILES string of the molecule is Fc1ccc(CC(Cl)c2cnn(-c3ccccc3)c2)cc1. The smallest absolute Gasteiger partial charge is 0.123 e. The Morgan fingerprint density at radius 2 is 1.76 bits per heavy atom. The van der Waals surface area contributed by atoms with Crippen molar-refractivity contribution in [3.8, 4) is 5.69 Å². The summed E-state index contributed by atoms with van der Waals surface area (Å²) in [4.78, 5) is 0. The second kappa shape index (κ2) is 6.10. The number of para-hydroxylation sites is 1. The molecule has 0 fully saturated rings. The van der Waals surface area contributed by atoms with Crippen LogP contribution in [0.2, 0.25) is 0 Å². The monoisotopic (exact) mass is 300 g/mol. The first-order chi connectivity index (χ1) is 10.2. The zero-order chi connectivity index (χ0) is 14.7. The summed E-state index contributed by atoms with van der Waals surface area (Å²) in [5.41, 5.74) is 2.95. The third-order valence-corrected chi connectivity index (χ3v) is 3.72. The van der Waals surface area contributed by atoms with Crippen LogP contribution in [0.15, 0.2) is 67.0 Å². The topological polar surface area (TPSA) is 17.8 Å². The Balaban J connectivity index is 1.75. The lowest BCUT2D eigenvalue weighted by Gasteiger charge is -2.07. The second-order valence-electron chi connectivity index (χ2n) is 4.85. The maximum absolute atomic E-state index is 12.9. The van der Waals surface area contributed by atoms with Crippen LogP contribution in [-0.4, -0.2) is 9.78 Å². The lowest BCUT2D eigenvalue weighted by Crippen LogP contribution is -1.96. The first-order valence-corrected chi connectivity index (χ1v) is 7.14. The number of alkyl halides is 1. The van der Waals surface area contributed by atoms with Crippen molar-refractivity contribution in [1.29, 1.82) is 0 Å². The average molecular weight is 301 g/mol. The molecule has 1 aromatic heterocycles. The van der Waals surface area contributed by atoms with Gasteiger partial charge in [0, 0.05) is 11.8 Å². The molecular weight excluding hydrogens is 287 g/mol. The number of benzene rings is 2. The number of aromatic nitrogens is 2. The fraction of sp³-hybridized carbons (Fsp3) is 0.118. The zero-order valence-electron chi connectivity index (χ0n) is 11.3. The molecule has 3 aromatic rings. The predicted octanol–water partition coefficient (Wildman–Crippen LogP) is 4.53. The van der Waals surface area contributed by atoms with Gasteiger partial charge in [-0.05, 0) is 36.2 Å². The van der Waals surface area contributed by atoms with Gasteiger partial charge in [-0.15, -0.1) is 11.6 Å². The molecule has 0 aliphatic carbocycles. The first-order valence-electron chi connectivity index (χ1n) is 6.71. The Morgan fingerprint density at radius 1 is 1.05 bits per heavy atom. The van der Waals surface area contributed by atoms with Crippen LogP contribution in [-0.2, 0) is 6.42 Å². The van der Waals surface area contributed by atoms with E-state index >= 15 is 0 Å². The molecule has 0 aliphatic heterocycles. The maximum Gasteiger partial charge on any atom is 0.123 e. The molecule has 106 valence electrons. The van der Waals surface area contributed by atoms with E-state index < -0.39 is 0 Å². The molecule has 0 spiro atoms. The molecule has 1 atom stereocenters. The van der Waals surface area contributed by atoms with Gasteiger partial charge >= 0.3 is 0 Å². The lowest BCUT2D eigenvalue weighted by atomic mass is 10.1. The summed E-state index contributed by atoms with van der Waals surface area (Å²) in [7, 11) is 0. The molecule has 2 nitrogen and oxygen atoms in total. The molecule has 0 N–H and O–H groups in total. The molecule has 4 heteroatoms. The Labute approximate surface area is 127 Å². The van der Waals surface area contributed by atoms with Crippen molar-refractivity contribution in [1.82, 2.24) is 9.78 Å². The molecule has 0 radical (unpaired) electrons. The van der Waals surface area contributed by atoms with Crippen molar-refractivity contribution in [2.45, 2.75) is 11.8 Å². The predicted molar refractivity (Wildman–Crippen MR) is 82.3 cm³/mol. The summed E-state index contributed by atoms with van der Waals surface area (Å²) in [6, 6.07) is 16.3. The molecular formula is C17H14ClFN2. The summed E-state index contributed by atoms with van der Waals surface area (Å²) in [5, 5.41) is 4.15. The van der Waals surface area contributed by atoms with Crippen molar-refractivity contribution < 1.29 is 4.39 Å². The van der Waals surface area contributed by atoms with E-state index in [2.05, 4.69) is 5.10 Å². The van der Waals surface area contributed by atoms with Gasteiger partial charge in [0.15, 0.2) is 0 Å². The van der Waals surface area contributed by atoms with Crippen LogP contribution in [0.1, 0.15) is 16.5 Å². The lowest BCUT2D eigenvalue weighted by molar-refractivity contribution is 0.627. The number of halogens is 2. The highest BCUT2D eigenvalue weighted by Crippen LogP contribution is 2.25. The highest BCUT2D eigenvalue weighted by Gasteiger charge is 2.12. The fourth-order valence-corrected chi connectivity index (χ4v) is 2.46. The minimum atomic E-state index is -0.234. The normalized spacial score (nSPS) is 12.3. The Morgan fingerprint density at radius 3 is 2.48 bits per heavy atom. The van der Waals surface area contributed by atoms with Crippen molar-refractivity contribution in [2.24, 2.45) is 0 Å². The minimum absolute atomic E-state index is 0.187. The van der Waals surface area contributed by atoms with Crippen LogP contribution in [0.25, 0.3) is 5.69 Å². The Hall–Kier alpha value is -2.13. The van der Waals surface area contributed by atoms with Crippen LogP contribution in [0.5, 0.6) is 0 Å². The molecule has 0 amide bonds. The van der Waals surface area contributed by atoms with Crippen molar-refractivity contribution in [2.75, 3.05) is 0 Å². The zero-order valence-corrected chi connectivity index (χ0v) is 12.0. The third kappa shape index (κ3) is 3.31. The van der Waals surface area contributed by atoms with Crippen LogP contribution in [0, 0.1) is 5.82 Å². The average Bonchev–Trinajstić information content (AvgIpc) is 3.00. The quantitative estimate of drug-likeness (QED) is 0.647. The highest BCUT2D eigenvalue weighted by molar-refractivity contribution is 6.20. The second-order valence-corrected chi connectivity index (χ2v) is 5.38. The third-order valence-electron chi connectivity index (χ3n) is 3.31. The number of rotatable bonds is 4.